The van der Waals surface area contributed by atoms with Gasteiger partial charge in [0.2, 0.25) is 0 Å². The van der Waals surface area contributed by atoms with Crippen LogP contribution in [-0.2, 0) is 0 Å². The molecule has 0 fully saturated rings. The van der Waals surface area contributed by atoms with Crippen molar-refractivity contribution < 1.29 is 4.39 Å². The summed E-state index contributed by atoms with van der Waals surface area (Å²) in [6.07, 6.45) is 2.21. The van der Waals surface area contributed by atoms with Gasteiger partial charge >= 0.3 is 0 Å². The molecule has 19 heavy (non-hydrogen) atoms. The SMILES string of the molecule is CCNC(CCN(C)C(C)CC)c1ccc(F)cc1. The molecule has 0 saturated carbocycles. The van der Waals surface area contributed by atoms with Gasteiger partial charge in [-0.2, -0.15) is 0 Å². The van der Waals surface area contributed by atoms with E-state index in [1.807, 2.05) is 12.1 Å². The van der Waals surface area contributed by atoms with Gasteiger partial charge in [-0.1, -0.05) is 26.0 Å². The number of nitrogens with one attached hydrogen (secondary N) is 1. The first kappa shape index (κ1) is 16.1. The highest BCUT2D eigenvalue weighted by molar-refractivity contribution is 5.19. The Balaban J connectivity index is 2.60. The van der Waals surface area contributed by atoms with Crippen LogP contribution in [0.2, 0.25) is 0 Å². The molecule has 0 heterocycles. The minimum Gasteiger partial charge on any atom is -0.310 e. The monoisotopic (exact) mass is 266 g/mol. The predicted molar refractivity (Wildman–Crippen MR) is 79.8 cm³/mol. The van der Waals surface area contributed by atoms with E-state index in [1.54, 1.807) is 0 Å². The lowest BCUT2D eigenvalue weighted by molar-refractivity contribution is 0.238. The molecule has 0 saturated heterocycles. The summed E-state index contributed by atoms with van der Waals surface area (Å²) < 4.78 is 13.0. The molecule has 1 N–H and O–H groups in total. The maximum Gasteiger partial charge on any atom is 0.123 e. The van der Waals surface area contributed by atoms with Gasteiger partial charge < -0.3 is 10.2 Å². The first-order valence-electron chi connectivity index (χ1n) is 7.27. The molecule has 0 aromatic heterocycles. The fourth-order valence-electron chi connectivity index (χ4n) is 2.19. The number of benzene rings is 1. The highest BCUT2D eigenvalue weighted by atomic mass is 19.1. The van der Waals surface area contributed by atoms with Gasteiger partial charge in [0.05, 0.1) is 0 Å². The Bertz CT molecular complexity index is 350. The van der Waals surface area contributed by atoms with Crippen LogP contribution in [0.3, 0.4) is 0 Å². The van der Waals surface area contributed by atoms with Crippen molar-refractivity contribution >= 4 is 0 Å². The van der Waals surface area contributed by atoms with Crippen molar-refractivity contribution in [2.24, 2.45) is 0 Å². The lowest BCUT2D eigenvalue weighted by atomic mass is 10.0. The Morgan fingerprint density at radius 1 is 1.21 bits per heavy atom. The van der Waals surface area contributed by atoms with Gasteiger partial charge in [0.1, 0.15) is 5.82 Å². The molecule has 1 aromatic rings. The zero-order chi connectivity index (χ0) is 14.3. The van der Waals surface area contributed by atoms with Crippen LogP contribution in [0.1, 0.15) is 45.2 Å². The molecule has 2 atom stereocenters. The lowest BCUT2D eigenvalue weighted by Crippen LogP contribution is -2.32. The molecule has 2 nitrogen and oxygen atoms in total. The number of rotatable bonds is 8. The van der Waals surface area contributed by atoms with E-state index in [1.165, 1.54) is 24.1 Å². The Labute approximate surface area is 117 Å². The molecular formula is C16H27FN2. The number of hydrogen-bond donors (Lipinski definition) is 1. The molecule has 0 bridgehead atoms. The third-order valence-corrected chi connectivity index (χ3v) is 3.84. The summed E-state index contributed by atoms with van der Waals surface area (Å²) in [6.45, 7) is 8.54. The van der Waals surface area contributed by atoms with Gasteiger partial charge in [0.15, 0.2) is 0 Å². The molecule has 3 heteroatoms. The molecule has 0 radical (unpaired) electrons. The zero-order valence-corrected chi connectivity index (χ0v) is 12.6. The topological polar surface area (TPSA) is 15.3 Å². The first-order valence-corrected chi connectivity index (χ1v) is 7.27. The molecule has 1 rings (SSSR count). The Morgan fingerprint density at radius 2 is 1.84 bits per heavy atom. The molecule has 0 aliphatic heterocycles. The van der Waals surface area contributed by atoms with E-state index in [-0.39, 0.29) is 5.82 Å². The Hall–Kier alpha value is -0.930. The molecule has 108 valence electrons. The normalized spacial score (nSPS) is 14.6. The van der Waals surface area contributed by atoms with Crippen LogP contribution >= 0.6 is 0 Å². The molecule has 0 aliphatic carbocycles. The minimum absolute atomic E-state index is 0.171. The summed E-state index contributed by atoms with van der Waals surface area (Å²) in [4.78, 5) is 2.38. The fourth-order valence-corrected chi connectivity index (χ4v) is 2.19. The van der Waals surface area contributed by atoms with Gasteiger partial charge in [-0.25, -0.2) is 4.39 Å². The molecule has 0 spiro atoms. The van der Waals surface area contributed by atoms with Crippen LogP contribution < -0.4 is 5.32 Å². The summed E-state index contributed by atoms with van der Waals surface area (Å²) >= 11 is 0. The largest absolute Gasteiger partial charge is 0.310 e. The summed E-state index contributed by atoms with van der Waals surface area (Å²) in [5.74, 6) is -0.171. The summed E-state index contributed by atoms with van der Waals surface area (Å²) in [6, 6.07) is 7.75. The standard InChI is InChI=1S/C16H27FN2/c1-5-13(3)19(4)12-11-16(18-6-2)14-7-9-15(17)10-8-14/h7-10,13,16,18H,5-6,11-12H2,1-4H3. The maximum atomic E-state index is 13.0. The quantitative estimate of drug-likeness (QED) is 0.773. The average molecular weight is 266 g/mol. The van der Waals surface area contributed by atoms with E-state index in [0.717, 1.165) is 19.5 Å². The van der Waals surface area contributed by atoms with Crippen molar-refractivity contribution in [3.05, 3.63) is 35.6 Å². The van der Waals surface area contributed by atoms with Crippen LogP contribution in [-0.4, -0.2) is 31.1 Å². The van der Waals surface area contributed by atoms with E-state index in [0.29, 0.717) is 12.1 Å². The number of nitrogens with zero attached hydrogens (tertiary/aromatic N) is 1. The number of halogens is 1. The van der Waals surface area contributed by atoms with Crippen molar-refractivity contribution in [1.82, 2.24) is 10.2 Å². The molecule has 2 unspecified atom stereocenters. The first-order chi connectivity index (χ1) is 9.08. The predicted octanol–water partition coefficient (Wildman–Crippen LogP) is 3.60. The van der Waals surface area contributed by atoms with Gasteiger partial charge in [-0.3, -0.25) is 0 Å². The second-order valence-corrected chi connectivity index (χ2v) is 5.19. The van der Waals surface area contributed by atoms with Crippen molar-refractivity contribution in [3.63, 3.8) is 0 Å². The third-order valence-electron chi connectivity index (χ3n) is 3.84. The van der Waals surface area contributed by atoms with E-state index < -0.39 is 0 Å². The smallest absolute Gasteiger partial charge is 0.123 e. The van der Waals surface area contributed by atoms with E-state index in [9.17, 15) is 4.39 Å². The number of hydrogen-bond acceptors (Lipinski definition) is 2. The maximum absolute atomic E-state index is 13.0. The molecule has 0 amide bonds. The van der Waals surface area contributed by atoms with E-state index in [4.69, 9.17) is 0 Å². The third kappa shape index (κ3) is 5.29. The molecule has 0 aliphatic rings. The summed E-state index contributed by atoms with van der Waals surface area (Å²) in [5, 5.41) is 3.48. The van der Waals surface area contributed by atoms with E-state index >= 15 is 0 Å². The summed E-state index contributed by atoms with van der Waals surface area (Å²) in [5.41, 5.74) is 1.17. The van der Waals surface area contributed by atoms with E-state index in [2.05, 4.69) is 38.0 Å². The average Bonchev–Trinajstić information content (AvgIpc) is 2.43. The van der Waals surface area contributed by atoms with Crippen molar-refractivity contribution in [3.8, 4) is 0 Å². The Kier molecular flexibility index (Phi) is 7.03. The molecule has 1 aromatic carbocycles. The van der Waals surface area contributed by atoms with Crippen LogP contribution in [0.25, 0.3) is 0 Å². The minimum atomic E-state index is -0.171. The summed E-state index contributed by atoms with van der Waals surface area (Å²) in [7, 11) is 2.17. The van der Waals surface area contributed by atoms with Crippen LogP contribution in [0.5, 0.6) is 0 Å². The second-order valence-electron chi connectivity index (χ2n) is 5.19. The zero-order valence-electron chi connectivity index (χ0n) is 12.6. The van der Waals surface area contributed by atoms with Crippen molar-refractivity contribution in [2.75, 3.05) is 20.1 Å². The van der Waals surface area contributed by atoms with Crippen molar-refractivity contribution in [2.45, 2.75) is 45.7 Å². The van der Waals surface area contributed by atoms with Crippen molar-refractivity contribution in [1.29, 1.82) is 0 Å². The van der Waals surface area contributed by atoms with Gasteiger partial charge in [0.25, 0.3) is 0 Å². The van der Waals surface area contributed by atoms with Gasteiger partial charge in [-0.05, 0) is 57.6 Å². The highest BCUT2D eigenvalue weighted by Gasteiger charge is 2.13. The van der Waals surface area contributed by atoms with Gasteiger partial charge in [0, 0.05) is 12.1 Å². The van der Waals surface area contributed by atoms with Crippen LogP contribution in [0.4, 0.5) is 4.39 Å². The van der Waals surface area contributed by atoms with Gasteiger partial charge in [-0.15, -0.1) is 0 Å². The lowest BCUT2D eigenvalue weighted by Gasteiger charge is -2.26. The fraction of sp³-hybridized carbons (Fsp3) is 0.625. The highest BCUT2D eigenvalue weighted by Crippen LogP contribution is 2.18. The van der Waals surface area contributed by atoms with Crippen LogP contribution in [0, 0.1) is 5.82 Å². The van der Waals surface area contributed by atoms with Crippen LogP contribution in [0.15, 0.2) is 24.3 Å². The molecular weight excluding hydrogens is 239 g/mol. The Morgan fingerprint density at radius 3 is 2.37 bits per heavy atom. The second kappa shape index (κ2) is 8.28.